The number of methoxy groups -OCH3 is 1. The average Bonchev–Trinajstić information content (AvgIpc) is 3.20. The molecule has 0 aromatic heterocycles. The molecule has 1 aliphatic carbocycles. The van der Waals surface area contributed by atoms with Gasteiger partial charge in [-0.25, -0.2) is 9.18 Å². The Morgan fingerprint density at radius 2 is 2.26 bits per heavy atom. The van der Waals surface area contributed by atoms with Crippen molar-refractivity contribution >= 4 is 5.97 Å². The maximum atomic E-state index is 13.7. The van der Waals surface area contributed by atoms with Gasteiger partial charge in [0.15, 0.2) is 11.6 Å². The number of halogens is 1. The lowest BCUT2D eigenvalue weighted by Crippen LogP contribution is -2.31. The van der Waals surface area contributed by atoms with Crippen molar-refractivity contribution in [1.82, 2.24) is 5.32 Å². The van der Waals surface area contributed by atoms with Crippen molar-refractivity contribution in [3.63, 3.8) is 0 Å². The molecule has 1 atom stereocenters. The van der Waals surface area contributed by atoms with Crippen LogP contribution in [-0.4, -0.2) is 25.7 Å². The SMILES string of the molecule is CCOC(=O)C(NC1CC1)c1ccc(OC)c(F)c1. The summed E-state index contributed by atoms with van der Waals surface area (Å²) in [5, 5.41) is 3.17. The van der Waals surface area contributed by atoms with E-state index in [9.17, 15) is 9.18 Å². The number of hydrogen-bond acceptors (Lipinski definition) is 4. The van der Waals surface area contributed by atoms with E-state index in [0.717, 1.165) is 12.8 Å². The van der Waals surface area contributed by atoms with E-state index < -0.39 is 11.9 Å². The van der Waals surface area contributed by atoms with E-state index in [1.807, 2.05) is 0 Å². The molecule has 0 radical (unpaired) electrons. The molecule has 1 N–H and O–H groups in total. The number of hydrogen-bond donors (Lipinski definition) is 1. The van der Waals surface area contributed by atoms with E-state index in [4.69, 9.17) is 9.47 Å². The molecular formula is C14H18FNO3. The Balaban J connectivity index is 2.20. The van der Waals surface area contributed by atoms with E-state index in [0.29, 0.717) is 18.2 Å². The first-order valence-corrected chi connectivity index (χ1v) is 6.41. The highest BCUT2D eigenvalue weighted by Crippen LogP contribution is 2.27. The Bertz CT molecular complexity index is 460. The Morgan fingerprint density at radius 1 is 1.53 bits per heavy atom. The first-order chi connectivity index (χ1) is 9.15. The monoisotopic (exact) mass is 267 g/mol. The maximum Gasteiger partial charge on any atom is 0.327 e. The highest BCUT2D eigenvalue weighted by molar-refractivity contribution is 5.77. The zero-order valence-corrected chi connectivity index (χ0v) is 11.1. The third kappa shape index (κ3) is 3.44. The van der Waals surface area contributed by atoms with Gasteiger partial charge >= 0.3 is 5.97 Å². The molecule has 1 aromatic rings. The number of rotatable bonds is 6. The van der Waals surface area contributed by atoms with Crippen LogP contribution in [0.1, 0.15) is 31.4 Å². The van der Waals surface area contributed by atoms with E-state index in [-0.39, 0.29) is 11.7 Å². The molecule has 104 valence electrons. The van der Waals surface area contributed by atoms with Gasteiger partial charge in [0.25, 0.3) is 0 Å². The summed E-state index contributed by atoms with van der Waals surface area (Å²) in [5.74, 6) is -0.691. The minimum atomic E-state index is -0.618. The molecule has 0 aliphatic heterocycles. The Labute approximate surface area is 111 Å². The zero-order valence-electron chi connectivity index (χ0n) is 11.1. The van der Waals surface area contributed by atoms with Crippen LogP contribution in [0.4, 0.5) is 4.39 Å². The van der Waals surface area contributed by atoms with Crippen LogP contribution in [0.3, 0.4) is 0 Å². The first-order valence-electron chi connectivity index (χ1n) is 6.41. The lowest BCUT2D eigenvalue weighted by Gasteiger charge is -2.18. The van der Waals surface area contributed by atoms with E-state index in [2.05, 4.69) is 5.32 Å². The van der Waals surface area contributed by atoms with Gasteiger partial charge in [-0.2, -0.15) is 0 Å². The molecular weight excluding hydrogens is 249 g/mol. The maximum absolute atomic E-state index is 13.7. The van der Waals surface area contributed by atoms with Crippen LogP contribution in [0.2, 0.25) is 0 Å². The second kappa shape index (κ2) is 6.02. The Kier molecular flexibility index (Phi) is 4.37. The number of ether oxygens (including phenoxy) is 2. The summed E-state index contributed by atoms with van der Waals surface area (Å²) in [7, 11) is 1.41. The second-order valence-electron chi connectivity index (χ2n) is 4.52. The molecule has 0 heterocycles. The average molecular weight is 267 g/mol. The predicted octanol–water partition coefficient (Wildman–Crippen LogP) is 2.19. The summed E-state index contributed by atoms with van der Waals surface area (Å²) in [6.45, 7) is 2.06. The van der Waals surface area contributed by atoms with Crippen LogP contribution in [0.15, 0.2) is 18.2 Å². The van der Waals surface area contributed by atoms with Gasteiger partial charge in [-0.15, -0.1) is 0 Å². The summed E-state index contributed by atoms with van der Waals surface area (Å²) in [6.07, 6.45) is 2.07. The third-order valence-electron chi connectivity index (χ3n) is 3.01. The molecule has 2 rings (SSSR count). The highest BCUT2D eigenvalue weighted by atomic mass is 19.1. The minimum absolute atomic E-state index is 0.165. The molecule has 1 aromatic carbocycles. The zero-order chi connectivity index (χ0) is 13.8. The fourth-order valence-corrected chi connectivity index (χ4v) is 1.87. The summed E-state index contributed by atoms with van der Waals surface area (Å²) in [5.41, 5.74) is 0.559. The highest BCUT2D eigenvalue weighted by Gasteiger charge is 2.30. The quantitative estimate of drug-likeness (QED) is 0.803. The summed E-state index contributed by atoms with van der Waals surface area (Å²) < 4.78 is 23.6. The van der Waals surface area contributed by atoms with Gasteiger partial charge in [0.1, 0.15) is 6.04 Å². The Hall–Kier alpha value is -1.62. The van der Waals surface area contributed by atoms with Crippen molar-refractivity contribution in [1.29, 1.82) is 0 Å². The Morgan fingerprint density at radius 3 is 2.79 bits per heavy atom. The van der Waals surface area contributed by atoms with Gasteiger partial charge in [-0.1, -0.05) is 6.07 Å². The molecule has 1 saturated carbocycles. The first kappa shape index (κ1) is 13.8. The number of carbonyl (C=O) groups is 1. The van der Waals surface area contributed by atoms with Crippen molar-refractivity contribution < 1.29 is 18.7 Å². The van der Waals surface area contributed by atoms with E-state index in [1.54, 1.807) is 13.0 Å². The van der Waals surface area contributed by atoms with Gasteiger partial charge in [0, 0.05) is 6.04 Å². The lowest BCUT2D eigenvalue weighted by molar-refractivity contribution is -0.145. The fraction of sp³-hybridized carbons (Fsp3) is 0.500. The van der Waals surface area contributed by atoms with Crippen molar-refractivity contribution in [3.05, 3.63) is 29.6 Å². The van der Waals surface area contributed by atoms with Crippen LogP contribution in [0.25, 0.3) is 0 Å². The molecule has 1 aliphatic rings. The topological polar surface area (TPSA) is 47.6 Å². The summed E-state index contributed by atoms with van der Waals surface area (Å²) >= 11 is 0. The van der Waals surface area contributed by atoms with Crippen LogP contribution in [0.5, 0.6) is 5.75 Å². The standard InChI is InChI=1S/C14H18FNO3/c1-3-19-14(17)13(16-10-5-6-10)9-4-7-12(18-2)11(15)8-9/h4,7-8,10,13,16H,3,5-6H2,1-2H3. The van der Waals surface area contributed by atoms with Gasteiger partial charge in [-0.3, -0.25) is 5.32 Å². The van der Waals surface area contributed by atoms with Gasteiger partial charge in [0.05, 0.1) is 13.7 Å². The largest absolute Gasteiger partial charge is 0.494 e. The lowest BCUT2D eigenvalue weighted by atomic mass is 10.1. The third-order valence-corrected chi connectivity index (χ3v) is 3.01. The molecule has 5 heteroatoms. The smallest absolute Gasteiger partial charge is 0.327 e. The van der Waals surface area contributed by atoms with Crippen LogP contribution < -0.4 is 10.1 Å². The van der Waals surface area contributed by atoms with Crippen molar-refractivity contribution in [2.24, 2.45) is 0 Å². The molecule has 19 heavy (non-hydrogen) atoms. The second-order valence-corrected chi connectivity index (χ2v) is 4.52. The minimum Gasteiger partial charge on any atom is -0.494 e. The number of nitrogens with one attached hydrogen (secondary N) is 1. The van der Waals surface area contributed by atoms with Crippen molar-refractivity contribution in [3.8, 4) is 5.75 Å². The molecule has 4 nitrogen and oxygen atoms in total. The normalized spacial score (nSPS) is 15.9. The van der Waals surface area contributed by atoms with Gasteiger partial charge in [-0.05, 0) is 37.5 Å². The van der Waals surface area contributed by atoms with Crippen molar-refractivity contribution in [2.45, 2.75) is 31.8 Å². The van der Waals surface area contributed by atoms with Gasteiger partial charge in [0.2, 0.25) is 0 Å². The molecule has 1 fully saturated rings. The molecule has 0 amide bonds. The van der Waals surface area contributed by atoms with E-state index >= 15 is 0 Å². The number of carbonyl (C=O) groups excluding carboxylic acids is 1. The molecule has 0 spiro atoms. The molecule has 0 saturated heterocycles. The summed E-state index contributed by atoms with van der Waals surface area (Å²) in [6, 6.07) is 4.22. The molecule has 1 unspecified atom stereocenters. The fourth-order valence-electron chi connectivity index (χ4n) is 1.87. The molecule has 0 bridgehead atoms. The number of benzene rings is 1. The van der Waals surface area contributed by atoms with Gasteiger partial charge < -0.3 is 9.47 Å². The van der Waals surface area contributed by atoms with Crippen LogP contribution in [-0.2, 0) is 9.53 Å². The summed E-state index contributed by atoms with van der Waals surface area (Å²) in [4.78, 5) is 11.9. The van der Waals surface area contributed by atoms with Crippen LogP contribution in [0, 0.1) is 5.82 Å². The van der Waals surface area contributed by atoms with Crippen LogP contribution >= 0.6 is 0 Å². The number of esters is 1. The van der Waals surface area contributed by atoms with Crippen molar-refractivity contribution in [2.75, 3.05) is 13.7 Å². The van der Waals surface area contributed by atoms with E-state index in [1.165, 1.54) is 19.2 Å². The predicted molar refractivity (Wildman–Crippen MR) is 68.5 cm³/mol.